The van der Waals surface area contributed by atoms with Gasteiger partial charge in [0.1, 0.15) is 12.4 Å². The highest BCUT2D eigenvalue weighted by Gasteiger charge is 2.24. The molecule has 0 saturated heterocycles. The first-order valence-corrected chi connectivity index (χ1v) is 11.6. The van der Waals surface area contributed by atoms with Crippen LogP contribution in [0.2, 0.25) is 5.02 Å². The molecule has 1 saturated carbocycles. The van der Waals surface area contributed by atoms with Gasteiger partial charge in [-0.1, -0.05) is 43.7 Å². The smallest absolute Gasteiger partial charge is 0.352 e. The van der Waals surface area contributed by atoms with Gasteiger partial charge in [-0.15, -0.1) is 0 Å². The molecule has 1 aliphatic carbocycles. The van der Waals surface area contributed by atoms with Gasteiger partial charge in [0, 0.05) is 5.92 Å². The number of carbonyl (C=O) groups excluding carboxylic acids is 1. The number of aliphatic hydroxyl groups excluding tert-OH is 1. The number of aromatic nitrogens is 3. The number of carbonyl (C=O) groups is 1. The maximum Gasteiger partial charge on any atom is 0.352 e. The Morgan fingerprint density at radius 3 is 2.48 bits per heavy atom. The number of benzene rings is 1. The lowest BCUT2D eigenvalue weighted by atomic mass is 9.90. The minimum absolute atomic E-state index is 0.0223. The van der Waals surface area contributed by atoms with Crippen LogP contribution in [-0.2, 0) is 6.54 Å². The van der Waals surface area contributed by atoms with Gasteiger partial charge in [-0.05, 0) is 44.9 Å². The Bertz CT molecular complexity index is 1100. The maximum absolute atomic E-state index is 12.9. The summed E-state index contributed by atoms with van der Waals surface area (Å²) in [6.07, 6.45) is 7.16. The molecule has 0 bridgehead atoms. The first-order valence-electron chi connectivity index (χ1n) is 11.3. The molecule has 10 heteroatoms. The average molecular weight is 479 g/mol. The fourth-order valence-electron chi connectivity index (χ4n) is 4.10. The van der Waals surface area contributed by atoms with Crippen molar-refractivity contribution in [3.05, 3.63) is 55.8 Å². The third kappa shape index (κ3) is 6.52. The van der Waals surface area contributed by atoms with Crippen molar-refractivity contribution >= 4 is 17.5 Å². The molecule has 1 aromatic carbocycles. The van der Waals surface area contributed by atoms with E-state index in [2.05, 4.69) is 10.4 Å². The third-order valence-corrected chi connectivity index (χ3v) is 6.15. The molecule has 1 atom stereocenters. The van der Waals surface area contributed by atoms with Crippen LogP contribution < -0.4 is 16.6 Å². The van der Waals surface area contributed by atoms with E-state index in [1.165, 1.54) is 38.5 Å². The summed E-state index contributed by atoms with van der Waals surface area (Å²) in [6.45, 7) is 2.74. The van der Waals surface area contributed by atoms with E-state index in [1.54, 1.807) is 0 Å². The standard InChI is InChI=1S/C23H31ClN4O5/c1-23(2,33)14-27-19(29)13-25-28(22(27)32)16-10-11-18(24)17(12-16)21(31)26-20(30)15-8-6-4-3-5-7-9-15/h10-13,15,20,30,33H,3-9,14H2,1-2H3,(H,26,31). The SMILES string of the molecule is CC(C)(O)Cn1c(=O)cnn(-c2ccc(Cl)c(C(=O)NC(O)C3CCCCCCC3)c2)c1=O. The van der Waals surface area contributed by atoms with Crippen LogP contribution in [0.25, 0.3) is 5.69 Å². The van der Waals surface area contributed by atoms with E-state index in [1.807, 2.05) is 0 Å². The Morgan fingerprint density at radius 1 is 1.21 bits per heavy atom. The summed E-state index contributed by atoms with van der Waals surface area (Å²) in [7, 11) is 0. The number of rotatable bonds is 6. The molecular weight excluding hydrogens is 448 g/mol. The first-order chi connectivity index (χ1) is 15.6. The number of hydrogen-bond donors (Lipinski definition) is 3. The Labute approximate surface area is 197 Å². The molecule has 9 nitrogen and oxygen atoms in total. The van der Waals surface area contributed by atoms with Crippen molar-refractivity contribution in [3.63, 3.8) is 0 Å². The molecule has 0 radical (unpaired) electrons. The number of nitrogens with one attached hydrogen (secondary N) is 1. The molecular formula is C23H31ClN4O5. The van der Waals surface area contributed by atoms with Crippen LogP contribution in [0, 0.1) is 5.92 Å². The Hall–Kier alpha value is -2.49. The molecule has 180 valence electrons. The number of aliphatic hydroxyl groups is 2. The normalized spacial score (nSPS) is 16.6. The summed E-state index contributed by atoms with van der Waals surface area (Å²) >= 11 is 6.24. The zero-order valence-corrected chi connectivity index (χ0v) is 19.7. The van der Waals surface area contributed by atoms with Crippen molar-refractivity contribution in [3.8, 4) is 5.69 Å². The Morgan fingerprint density at radius 2 is 1.85 bits per heavy atom. The van der Waals surface area contributed by atoms with E-state index in [0.717, 1.165) is 54.0 Å². The molecule has 2 aromatic rings. The van der Waals surface area contributed by atoms with Crippen LogP contribution in [0.4, 0.5) is 0 Å². The zero-order chi connectivity index (χ0) is 24.2. The molecule has 33 heavy (non-hydrogen) atoms. The molecule has 1 aromatic heterocycles. The summed E-state index contributed by atoms with van der Waals surface area (Å²) in [5.74, 6) is -0.583. The van der Waals surface area contributed by atoms with Crippen LogP contribution in [0.15, 0.2) is 34.0 Å². The predicted molar refractivity (Wildman–Crippen MR) is 125 cm³/mol. The average Bonchev–Trinajstić information content (AvgIpc) is 2.70. The van der Waals surface area contributed by atoms with Crippen LogP contribution in [0.1, 0.15) is 69.2 Å². The highest BCUT2D eigenvalue weighted by atomic mass is 35.5. The second-order valence-electron chi connectivity index (χ2n) is 9.26. The van der Waals surface area contributed by atoms with Crippen molar-refractivity contribution < 1.29 is 15.0 Å². The van der Waals surface area contributed by atoms with Gasteiger partial charge < -0.3 is 15.5 Å². The second-order valence-corrected chi connectivity index (χ2v) is 9.67. The molecule has 1 aliphatic rings. The molecule has 3 rings (SSSR count). The van der Waals surface area contributed by atoms with Gasteiger partial charge >= 0.3 is 5.69 Å². The summed E-state index contributed by atoms with van der Waals surface area (Å²) in [5.41, 5.74) is -2.40. The molecule has 1 heterocycles. The fourth-order valence-corrected chi connectivity index (χ4v) is 4.30. The van der Waals surface area contributed by atoms with Gasteiger partial charge in [-0.25, -0.2) is 4.79 Å². The van der Waals surface area contributed by atoms with Crippen molar-refractivity contribution in [1.82, 2.24) is 19.7 Å². The molecule has 0 spiro atoms. The van der Waals surface area contributed by atoms with Crippen molar-refractivity contribution in [2.45, 2.75) is 77.2 Å². The fraction of sp³-hybridized carbons (Fsp3) is 0.565. The Kier molecular flexibility index (Phi) is 8.10. The van der Waals surface area contributed by atoms with Crippen molar-refractivity contribution in [2.24, 2.45) is 5.92 Å². The number of nitrogens with zero attached hydrogens (tertiary/aromatic N) is 3. The lowest BCUT2D eigenvalue weighted by Gasteiger charge is -2.25. The third-order valence-electron chi connectivity index (χ3n) is 5.82. The van der Waals surface area contributed by atoms with E-state index in [-0.39, 0.29) is 28.7 Å². The largest absolute Gasteiger partial charge is 0.389 e. The van der Waals surface area contributed by atoms with E-state index in [4.69, 9.17) is 11.6 Å². The van der Waals surface area contributed by atoms with Gasteiger partial charge in [0.25, 0.3) is 11.5 Å². The lowest BCUT2D eigenvalue weighted by molar-refractivity contribution is 0.0497. The van der Waals surface area contributed by atoms with Crippen LogP contribution in [0.3, 0.4) is 0 Å². The molecule has 3 N–H and O–H groups in total. The van der Waals surface area contributed by atoms with Gasteiger partial charge in [0.15, 0.2) is 0 Å². The summed E-state index contributed by atoms with van der Waals surface area (Å²) < 4.78 is 1.84. The monoisotopic (exact) mass is 478 g/mol. The maximum atomic E-state index is 12.9. The summed E-state index contributed by atoms with van der Waals surface area (Å²) in [4.78, 5) is 37.9. The van der Waals surface area contributed by atoms with Crippen molar-refractivity contribution in [1.29, 1.82) is 0 Å². The lowest BCUT2D eigenvalue weighted by Crippen LogP contribution is -2.45. The molecule has 0 aliphatic heterocycles. The Balaban J connectivity index is 1.86. The quantitative estimate of drug-likeness (QED) is 0.546. The van der Waals surface area contributed by atoms with E-state index < -0.39 is 29.0 Å². The van der Waals surface area contributed by atoms with Crippen molar-refractivity contribution in [2.75, 3.05) is 0 Å². The topological polar surface area (TPSA) is 126 Å². The van der Waals surface area contributed by atoms with Gasteiger partial charge in [-0.3, -0.25) is 14.2 Å². The molecule has 1 unspecified atom stereocenters. The highest BCUT2D eigenvalue weighted by Crippen LogP contribution is 2.25. The number of halogens is 1. The highest BCUT2D eigenvalue weighted by molar-refractivity contribution is 6.33. The van der Waals surface area contributed by atoms with E-state index in [0.29, 0.717) is 0 Å². The number of hydrogen-bond acceptors (Lipinski definition) is 6. The van der Waals surface area contributed by atoms with E-state index >= 15 is 0 Å². The molecule has 1 amide bonds. The second kappa shape index (κ2) is 10.6. The number of amides is 1. The minimum atomic E-state index is -1.29. The summed E-state index contributed by atoms with van der Waals surface area (Å²) in [6, 6.07) is 4.33. The molecule has 1 fully saturated rings. The van der Waals surface area contributed by atoms with Gasteiger partial charge in [0.05, 0.1) is 28.4 Å². The minimum Gasteiger partial charge on any atom is -0.389 e. The van der Waals surface area contributed by atoms with Gasteiger partial charge in [-0.2, -0.15) is 9.78 Å². The van der Waals surface area contributed by atoms with Crippen LogP contribution in [-0.4, -0.2) is 42.3 Å². The first kappa shape index (κ1) is 25.1. The van der Waals surface area contributed by atoms with Gasteiger partial charge in [0.2, 0.25) is 0 Å². The predicted octanol–water partition coefficient (Wildman–Crippen LogP) is 2.23. The van der Waals surface area contributed by atoms with Crippen LogP contribution in [0.5, 0.6) is 0 Å². The summed E-state index contributed by atoms with van der Waals surface area (Å²) in [5, 5.41) is 27.3. The van der Waals surface area contributed by atoms with Crippen LogP contribution >= 0.6 is 11.6 Å². The van der Waals surface area contributed by atoms with E-state index in [9.17, 15) is 24.6 Å². The zero-order valence-electron chi connectivity index (χ0n) is 19.0.